The summed E-state index contributed by atoms with van der Waals surface area (Å²) in [5, 5.41) is 19.1. The molecule has 0 radical (unpaired) electrons. The van der Waals surface area contributed by atoms with Gasteiger partial charge in [-0.25, -0.2) is 4.79 Å². The minimum Gasteiger partial charge on any atom is -0.507 e. The van der Waals surface area contributed by atoms with Crippen LogP contribution in [0.4, 0.5) is 0 Å². The van der Waals surface area contributed by atoms with Gasteiger partial charge in [0, 0.05) is 10.9 Å². The molecule has 4 heteroatoms. The van der Waals surface area contributed by atoms with Crippen LogP contribution in [0.3, 0.4) is 0 Å². The third kappa shape index (κ3) is 3.40. The van der Waals surface area contributed by atoms with Crippen LogP contribution in [0.25, 0.3) is 6.08 Å². The summed E-state index contributed by atoms with van der Waals surface area (Å²) in [4.78, 5) is 10.6. The first kappa shape index (κ1) is 11.8. The zero-order chi connectivity index (χ0) is 11.3. The predicted octanol–water partition coefficient (Wildman–Crippen LogP) is 2.89. The van der Waals surface area contributed by atoms with Crippen molar-refractivity contribution in [2.45, 2.75) is 6.42 Å². The average Bonchev–Trinajstić information content (AvgIpc) is 2.20. The Morgan fingerprint density at radius 1 is 1.47 bits per heavy atom. The summed E-state index contributed by atoms with van der Waals surface area (Å²) < 4.78 is 0. The SMILES string of the molecule is O=C(O)c1ccc(C=CCCBr)c(O)c1. The first-order valence-corrected chi connectivity index (χ1v) is 5.56. The monoisotopic (exact) mass is 270 g/mol. The first-order chi connectivity index (χ1) is 7.15. The number of hydrogen-bond donors (Lipinski definition) is 2. The summed E-state index contributed by atoms with van der Waals surface area (Å²) in [6, 6.07) is 4.30. The van der Waals surface area contributed by atoms with E-state index < -0.39 is 5.97 Å². The number of halogens is 1. The van der Waals surface area contributed by atoms with Crippen LogP contribution in [0.2, 0.25) is 0 Å². The van der Waals surface area contributed by atoms with Gasteiger partial charge in [-0.3, -0.25) is 0 Å². The van der Waals surface area contributed by atoms with Gasteiger partial charge in [-0.1, -0.05) is 34.1 Å². The van der Waals surface area contributed by atoms with Crippen molar-refractivity contribution in [3.05, 3.63) is 35.4 Å². The maximum atomic E-state index is 10.6. The molecule has 1 rings (SSSR count). The molecular weight excluding hydrogens is 260 g/mol. The summed E-state index contributed by atoms with van der Waals surface area (Å²) in [6.07, 6.45) is 4.53. The number of phenolic OH excluding ortho intramolecular Hbond substituents is 1. The zero-order valence-electron chi connectivity index (χ0n) is 7.98. The lowest BCUT2D eigenvalue weighted by molar-refractivity contribution is 0.0696. The van der Waals surface area contributed by atoms with Crippen molar-refractivity contribution in [1.29, 1.82) is 0 Å². The fourth-order valence-electron chi connectivity index (χ4n) is 1.09. The van der Waals surface area contributed by atoms with Crippen molar-refractivity contribution >= 4 is 28.0 Å². The second-order valence-corrected chi connectivity index (χ2v) is 3.75. The van der Waals surface area contributed by atoms with Crippen LogP contribution in [0.15, 0.2) is 24.3 Å². The molecule has 1 aromatic carbocycles. The molecule has 80 valence electrons. The second-order valence-electron chi connectivity index (χ2n) is 2.96. The molecule has 0 aliphatic heterocycles. The number of alkyl halides is 1. The Hall–Kier alpha value is -1.29. The van der Waals surface area contributed by atoms with Crippen LogP contribution < -0.4 is 0 Å². The van der Waals surface area contributed by atoms with E-state index >= 15 is 0 Å². The molecule has 0 aliphatic carbocycles. The summed E-state index contributed by atoms with van der Waals surface area (Å²) >= 11 is 3.28. The molecule has 0 bridgehead atoms. The minimum absolute atomic E-state index is 0.0132. The van der Waals surface area contributed by atoms with Crippen LogP contribution in [0.1, 0.15) is 22.3 Å². The Balaban J connectivity index is 2.88. The lowest BCUT2D eigenvalue weighted by atomic mass is 10.1. The molecule has 0 atom stereocenters. The second kappa shape index (κ2) is 5.56. The largest absolute Gasteiger partial charge is 0.507 e. The quantitative estimate of drug-likeness (QED) is 0.828. The van der Waals surface area contributed by atoms with Gasteiger partial charge in [-0.05, 0) is 18.6 Å². The molecule has 1 aromatic rings. The molecule has 0 heterocycles. The van der Waals surface area contributed by atoms with Crippen molar-refractivity contribution in [1.82, 2.24) is 0 Å². The molecule has 2 N–H and O–H groups in total. The number of aromatic hydroxyl groups is 1. The number of hydrogen-bond acceptors (Lipinski definition) is 2. The van der Waals surface area contributed by atoms with Gasteiger partial charge in [0.05, 0.1) is 5.56 Å². The van der Waals surface area contributed by atoms with Crippen LogP contribution >= 0.6 is 15.9 Å². The Morgan fingerprint density at radius 3 is 2.73 bits per heavy atom. The average molecular weight is 271 g/mol. The molecule has 0 amide bonds. The smallest absolute Gasteiger partial charge is 0.335 e. The molecule has 0 unspecified atom stereocenters. The fraction of sp³-hybridized carbons (Fsp3) is 0.182. The van der Waals surface area contributed by atoms with Gasteiger partial charge in [-0.15, -0.1) is 0 Å². The fourth-order valence-corrected chi connectivity index (χ4v) is 1.36. The van der Waals surface area contributed by atoms with E-state index in [9.17, 15) is 9.90 Å². The Bertz CT molecular complexity index is 385. The molecule has 0 spiro atoms. The maximum Gasteiger partial charge on any atom is 0.335 e. The third-order valence-electron chi connectivity index (χ3n) is 1.85. The van der Waals surface area contributed by atoms with Crippen molar-refractivity contribution < 1.29 is 15.0 Å². The first-order valence-electron chi connectivity index (χ1n) is 4.44. The lowest BCUT2D eigenvalue weighted by Gasteiger charge is -2.00. The molecule has 0 saturated carbocycles. The number of allylic oxidation sites excluding steroid dienone is 1. The van der Waals surface area contributed by atoms with E-state index in [4.69, 9.17) is 5.11 Å². The normalized spacial score (nSPS) is 10.7. The predicted molar refractivity (Wildman–Crippen MR) is 62.5 cm³/mol. The molecule has 0 fully saturated rings. The number of carboxylic acids is 1. The van der Waals surface area contributed by atoms with Crippen LogP contribution in [0.5, 0.6) is 5.75 Å². The van der Waals surface area contributed by atoms with Crippen LogP contribution in [-0.2, 0) is 0 Å². The van der Waals surface area contributed by atoms with Crippen molar-refractivity contribution in [3.8, 4) is 5.75 Å². The number of benzene rings is 1. The van der Waals surface area contributed by atoms with Gasteiger partial charge >= 0.3 is 5.97 Å². The zero-order valence-corrected chi connectivity index (χ0v) is 9.57. The highest BCUT2D eigenvalue weighted by atomic mass is 79.9. The number of aromatic carboxylic acids is 1. The van der Waals surface area contributed by atoms with Gasteiger partial charge in [-0.2, -0.15) is 0 Å². The third-order valence-corrected chi connectivity index (χ3v) is 2.31. The minimum atomic E-state index is -1.04. The Kier molecular flexibility index (Phi) is 4.37. The highest BCUT2D eigenvalue weighted by Gasteiger charge is 2.05. The Morgan fingerprint density at radius 2 is 2.20 bits per heavy atom. The molecule has 3 nitrogen and oxygen atoms in total. The van der Waals surface area contributed by atoms with Gasteiger partial charge < -0.3 is 10.2 Å². The highest BCUT2D eigenvalue weighted by Crippen LogP contribution is 2.20. The molecular formula is C11H11BrO3. The van der Waals surface area contributed by atoms with E-state index in [-0.39, 0.29) is 11.3 Å². The standard InChI is InChI=1S/C11H11BrO3/c12-6-2-1-3-8-4-5-9(11(14)15)7-10(8)13/h1,3-5,7,13H,2,6H2,(H,14,15). The highest BCUT2D eigenvalue weighted by molar-refractivity contribution is 9.09. The topological polar surface area (TPSA) is 57.5 Å². The van der Waals surface area contributed by atoms with E-state index in [1.807, 2.05) is 6.08 Å². The number of phenols is 1. The molecule has 15 heavy (non-hydrogen) atoms. The van der Waals surface area contributed by atoms with E-state index in [0.29, 0.717) is 5.56 Å². The van der Waals surface area contributed by atoms with Crippen molar-refractivity contribution in [3.63, 3.8) is 0 Å². The van der Waals surface area contributed by atoms with E-state index in [0.717, 1.165) is 11.8 Å². The number of rotatable bonds is 4. The van der Waals surface area contributed by atoms with Crippen molar-refractivity contribution in [2.24, 2.45) is 0 Å². The molecule has 0 aliphatic rings. The van der Waals surface area contributed by atoms with Crippen LogP contribution in [-0.4, -0.2) is 21.5 Å². The lowest BCUT2D eigenvalue weighted by Crippen LogP contribution is -1.95. The van der Waals surface area contributed by atoms with E-state index in [2.05, 4.69) is 15.9 Å². The van der Waals surface area contributed by atoms with E-state index in [1.54, 1.807) is 12.1 Å². The number of carbonyl (C=O) groups is 1. The maximum absolute atomic E-state index is 10.6. The summed E-state index contributed by atoms with van der Waals surface area (Å²) in [7, 11) is 0. The van der Waals surface area contributed by atoms with Gasteiger partial charge in [0.2, 0.25) is 0 Å². The molecule has 0 aromatic heterocycles. The summed E-state index contributed by atoms with van der Waals surface area (Å²) in [5.41, 5.74) is 0.714. The Labute approximate surface area is 96.2 Å². The van der Waals surface area contributed by atoms with Crippen molar-refractivity contribution in [2.75, 3.05) is 5.33 Å². The summed E-state index contributed by atoms with van der Waals surface area (Å²) in [6.45, 7) is 0. The molecule has 0 saturated heterocycles. The van der Waals surface area contributed by atoms with Gasteiger partial charge in [0.1, 0.15) is 5.75 Å². The van der Waals surface area contributed by atoms with Gasteiger partial charge in [0.15, 0.2) is 0 Å². The van der Waals surface area contributed by atoms with E-state index in [1.165, 1.54) is 12.1 Å². The number of carboxylic acid groups (broad SMARTS) is 1. The summed E-state index contributed by atoms with van der Waals surface area (Å²) in [5.74, 6) is -1.05. The van der Waals surface area contributed by atoms with Gasteiger partial charge in [0.25, 0.3) is 0 Å². The van der Waals surface area contributed by atoms with Crippen LogP contribution in [0, 0.1) is 0 Å².